The third-order valence-electron chi connectivity index (χ3n) is 4.45. The zero-order valence-electron chi connectivity index (χ0n) is 12.8. The SMILES string of the molecule is CNCc1cc(CN(C)C2CCC(C)CC2)oc1C. The molecule has 0 aromatic carbocycles. The molecule has 1 aliphatic rings. The second kappa shape index (κ2) is 6.58. The molecule has 0 saturated heterocycles. The second-order valence-electron chi connectivity index (χ2n) is 6.15. The van der Waals surface area contributed by atoms with Crippen LogP contribution in [0.5, 0.6) is 0 Å². The van der Waals surface area contributed by atoms with Gasteiger partial charge in [0.1, 0.15) is 11.5 Å². The van der Waals surface area contributed by atoms with Crippen molar-refractivity contribution in [2.24, 2.45) is 5.92 Å². The van der Waals surface area contributed by atoms with E-state index < -0.39 is 0 Å². The van der Waals surface area contributed by atoms with Crippen LogP contribution in [0.2, 0.25) is 0 Å². The Kier molecular flexibility index (Phi) is 5.06. The van der Waals surface area contributed by atoms with Crippen LogP contribution in [0.1, 0.15) is 49.7 Å². The third-order valence-corrected chi connectivity index (χ3v) is 4.45. The average molecular weight is 264 g/mol. The minimum absolute atomic E-state index is 0.731. The van der Waals surface area contributed by atoms with Gasteiger partial charge >= 0.3 is 0 Å². The average Bonchev–Trinajstić information content (AvgIpc) is 2.71. The standard InChI is InChI=1S/C16H28N2O/c1-12-5-7-15(8-6-12)18(4)11-16-9-14(10-17-3)13(2)19-16/h9,12,15,17H,5-8,10-11H2,1-4H3. The summed E-state index contributed by atoms with van der Waals surface area (Å²) in [6, 6.07) is 2.93. The van der Waals surface area contributed by atoms with Crippen molar-refractivity contribution in [3.63, 3.8) is 0 Å². The van der Waals surface area contributed by atoms with E-state index in [2.05, 4.69) is 37.2 Å². The molecule has 1 N–H and O–H groups in total. The first kappa shape index (κ1) is 14.6. The van der Waals surface area contributed by atoms with Crippen LogP contribution in [-0.2, 0) is 13.1 Å². The number of hydrogen-bond donors (Lipinski definition) is 1. The minimum Gasteiger partial charge on any atom is -0.465 e. The highest BCUT2D eigenvalue weighted by Crippen LogP contribution is 2.27. The molecular formula is C16H28N2O. The highest BCUT2D eigenvalue weighted by molar-refractivity contribution is 5.20. The molecule has 19 heavy (non-hydrogen) atoms. The van der Waals surface area contributed by atoms with E-state index in [0.29, 0.717) is 0 Å². The fourth-order valence-electron chi connectivity index (χ4n) is 3.09. The summed E-state index contributed by atoms with van der Waals surface area (Å²) in [5.74, 6) is 3.07. The molecule has 1 aromatic heterocycles. The molecule has 0 spiro atoms. The molecule has 108 valence electrons. The van der Waals surface area contributed by atoms with E-state index in [4.69, 9.17) is 4.42 Å². The zero-order valence-corrected chi connectivity index (χ0v) is 12.8. The van der Waals surface area contributed by atoms with E-state index in [1.165, 1.54) is 31.2 Å². The van der Waals surface area contributed by atoms with Crippen LogP contribution < -0.4 is 5.32 Å². The van der Waals surface area contributed by atoms with Gasteiger partial charge in [-0.05, 0) is 58.7 Å². The third kappa shape index (κ3) is 3.83. The Balaban J connectivity index is 1.91. The van der Waals surface area contributed by atoms with Gasteiger partial charge in [-0.2, -0.15) is 0 Å². The van der Waals surface area contributed by atoms with Crippen molar-refractivity contribution in [3.8, 4) is 0 Å². The van der Waals surface area contributed by atoms with Gasteiger partial charge in [0.2, 0.25) is 0 Å². The summed E-state index contributed by atoms with van der Waals surface area (Å²) in [5, 5.41) is 3.19. The predicted molar refractivity (Wildman–Crippen MR) is 79.1 cm³/mol. The summed E-state index contributed by atoms with van der Waals surface area (Å²) in [4.78, 5) is 2.47. The number of hydrogen-bond acceptors (Lipinski definition) is 3. The smallest absolute Gasteiger partial charge is 0.118 e. The lowest BCUT2D eigenvalue weighted by Gasteiger charge is -2.33. The molecule has 3 heteroatoms. The van der Waals surface area contributed by atoms with Gasteiger partial charge < -0.3 is 9.73 Å². The summed E-state index contributed by atoms with van der Waals surface area (Å²) in [6.45, 7) is 6.25. The van der Waals surface area contributed by atoms with Gasteiger partial charge in [0, 0.05) is 18.2 Å². The van der Waals surface area contributed by atoms with E-state index in [0.717, 1.165) is 36.6 Å². The lowest BCUT2D eigenvalue weighted by Crippen LogP contribution is -2.34. The van der Waals surface area contributed by atoms with Crippen LogP contribution in [0.4, 0.5) is 0 Å². The Morgan fingerprint density at radius 1 is 1.32 bits per heavy atom. The first-order chi connectivity index (χ1) is 9.10. The zero-order chi connectivity index (χ0) is 13.8. The van der Waals surface area contributed by atoms with Crippen molar-refractivity contribution in [2.75, 3.05) is 14.1 Å². The second-order valence-corrected chi connectivity index (χ2v) is 6.15. The van der Waals surface area contributed by atoms with Crippen LogP contribution >= 0.6 is 0 Å². The van der Waals surface area contributed by atoms with Gasteiger partial charge in [-0.15, -0.1) is 0 Å². The van der Waals surface area contributed by atoms with Crippen LogP contribution in [0, 0.1) is 12.8 Å². The Morgan fingerprint density at radius 3 is 2.63 bits per heavy atom. The highest BCUT2D eigenvalue weighted by Gasteiger charge is 2.22. The Hall–Kier alpha value is -0.800. The maximum absolute atomic E-state index is 5.87. The lowest BCUT2D eigenvalue weighted by molar-refractivity contribution is 0.154. The van der Waals surface area contributed by atoms with E-state index in [9.17, 15) is 0 Å². The van der Waals surface area contributed by atoms with Crippen LogP contribution in [-0.4, -0.2) is 25.0 Å². The van der Waals surface area contributed by atoms with E-state index in [-0.39, 0.29) is 0 Å². The molecular weight excluding hydrogens is 236 g/mol. The van der Waals surface area contributed by atoms with Crippen molar-refractivity contribution < 1.29 is 4.42 Å². The van der Waals surface area contributed by atoms with Crippen molar-refractivity contribution in [3.05, 3.63) is 23.2 Å². The molecule has 3 nitrogen and oxygen atoms in total. The molecule has 0 radical (unpaired) electrons. The monoisotopic (exact) mass is 264 g/mol. The predicted octanol–water partition coefficient (Wildman–Crippen LogP) is 3.32. The first-order valence-corrected chi connectivity index (χ1v) is 7.53. The number of furan rings is 1. The molecule has 1 aromatic rings. The van der Waals surface area contributed by atoms with Crippen LogP contribution in [0.25, 0.3) is 0 Å². The maximum Gasteiger partial charge on any atom is 0.118 e. The number of nitrogens with zero attached hydrogens (tertiary/aromatic N) is 1. The van der Waals surface area contributed by atoms with Gasteiger partial charge in [-0.3, -0.25) is 4.90 Å². The summed E-state index contributed by atoms with van der Waals surface area (Å²) in [6.07, 6.45) is 5.41. The molecule has 0 amide bonds. The number of nitrogens with one attached hydrogen (secondary N) is 1. The van der Waals surface area contributed by atoms with Gasteiger partial charge in [0.05, 0.1) is 6.54 Å². The van der Waals surface area contributed by atoms with E-state index in [1.54, 1.807) is 0 Å². The summed E-state index contributed by atoms with van der Waals surface area (Å²) < 4.78 is 5.87. The van der Waals surface area contributed by atoms with Crippen molar-refractivity contribution in [1.82, 2.24) is 10.2 Å². The minimum atomic E-state index is 0.731. The van der Waals surface area contributed by atoms with Crippen molar-refractivity contribution >= 4 is 0 Å². The topological polar surface area (TPSA) is 28.4 Å². The lowest BCUT2D eigenvalue weighted by atomic mass is 9.87. The van der Waals surface area contributed by atoms with E-state index >= 15 is 0 Å². The van der Waals surface area contributed by atoms with Gasteiger partial charge in [-0.25, -0.2) is 0 Å². The fourth-order valence-corrected chi connectivity index (χ4v) is 3.09. The van der Waals surface area contributed by atoms with Gasteiger partial charge in [0.15, 0.2) is 0 Å². The Labute approximate surface area is 117 Å². The summed E-state index contributed by atoms with van der Waals surface area (Å²) >= 11 is 0. The molecule has 1 fully saturated rings. The van der Waals surface area contributed by atoms with E-state index in [1.807, 2.05) is 7.05 Å². The molecule has 1 aliphatic carbocycles. The molecule has 0 unspecified atom stereocenters. The first-order valence-electron chi connectivity index (χ1n) is 7.53. The highest BCUT2D eigenvalue weighted by atomic mass is 16.3. The van der Waals surface area contributed by atoms with Crippen LogP contribution in [0.3, 0.4) is 0 Å². The summed E-state index contributed by atoms with van der Waals surface area (Å²) in [7, 11) is 4.21. The summed E-state index contributed by atoms with van der Waals surface area (Å²) in [5.41, 5.74) is 1.28. The molecule has 0 atom stereocenters. The maximum atomic E-state index is 5.87. The molecule has 2 rings (SSSR count). The van der Waals surface area contributed by atoms with Gasteiger partial charge in [-0.1, -0.05) is 6.92 Å². The Bertz CT molecular complexity index is 391. The fraction of sp³-hybridized carbons (Fsp3) is 0.750. The van der Waals surface area contributed by atoms with Gasteiger partial charge in [0.25, 0.3) is 0 Å². The molecule has 1 saturated carbocycles. The molecule has 0 bridgehead atoms. The molecule has 0 aliphatic heterocycles. The number of aryl methyl sites for hydroxylation is 1. The Morgan fingerprint density at radius 2 is 2.00 bits per heavy atom. The molecule has 1 heterocycles. The largest absolute Gasteiger partial charge is 0.465 e. The normalized spacial score (nSPS) is 24.1. The quantitative estimate of drug-likeness (QED) is 0.884. The number of rotatable bonds is 5. The van der Waals surface area contributed by atoms with Crippen molar-refractivity contribution in [1.29, 1.82) is 0 Å². The van der Waals surface area contributed by atoms with Crippen molar-refractivity contribution in [2.45, 2.75) is 58.7 Å². The van der Waals surface area contributed by atoms with Crippen LogP contribution in [0.15, 0.2) is 10.5 Å².